The Hall–Kier alpha value is -5.17. The van der Waals surface area contributed by atoms with Crippen molar-refractivity contribution in [3.05, 3.63) is 102 Å². The number of hydrogen-bond donors (Lipinski definition) is 1. The van der Waals surface area contributed by atoms with Gasteiger partial charge in [0.1, 0.15) is 17.7 Å². The van der Waals surface area contributed by atoms with Gasteiger partial charge >= 0.3 is 5.97 Å². The van der Waals surface area contributed by atoms with Crippen molar-refractivity contribution < 1.29 is 23.5 Å². The molecule has 1 atom stereocenters. The summed E-state index contributed by atoms with van der Waals surface area (Å²) in [6.07, 6.45) is 2.97. The molecule has 0 saturated carbocycles. The quantitative estimate of drug-likeness (QED) is 0.407. The van der Waals surface area contributed by atoms with Gasteiger partial charge in [0, 0.05) is 13.0 Å². The van der Waals surface area contributed by atoms with Gasteiger partial charge in [0.15, 0.2) is 18.2 Å². The van der Waals surface area contributed by atoms with E-state index in [-0.39, 0.29) is 30.1 Å². The Balaban J connectivity index is 1.30. The van der Waals surface area contributed by atoms with Crippen LogP contribution in [0.15, 0.2) is 83.6 Å². The molecule has 0 spiro atoms. The Morgan fingerprint density at radius 2 is 1.81 bits per heavy atom. The number of nitrogens with one attached hydrogen (secondary N) is 1. The normalized spacial score (nSPS) is 14.4. The lowest BCUT2D eigenvalue weighted by Gasteiger charge is -2.34. The van der Waals surface area contributed by atoms with E-state index in [1.165, 1.54) is 28.1 Å². The number of nitriles is 1. The molecule has 0 aliphatic carbocycles. The molecule has 184 valence electrons. The second-order valence-corrected chi connectivity index (χ2v) is 8.32. The van der Waals surface area contributed by atoms with Crippen LogP contribution in [-0.2, 0) is 27.3 Å². The zero-order valence-corrected chi connectivity index (χ0v) is 19.5. The maximum absolute atomic E-state index is 13.1. The summed E-state index contributed by atoms with van der Waals surface area (Å²) in [5.41, 5.74) is 2.64. The standard InChI is InChI=1S/C27H21N5O5/c28-14-20-15-29-32(21-9-2-1-3-10-21)25(20)30-24(33)17-37-27(35)22-13-18-7-4-5-8-19(18)16-31(22)26(34)23-11-6-12-36-23/h1-12,15,22H,13,16-17H2,(H,30,33)/t22-/m0/s1. The second kappa shape index (κ2) is 10.2. The number of rotatable bonds is 6. The number of benzene rings is 2. The Kier molecular flexibility index (Phi) is 6.50. The molecule has 1 aliphatic heterocycles. The van der Waals surface area contributed by atoms with E-state index >= 15 is 0 Å². The summed E-state index contributed by atoms with van der Waals surface area (Å²) in [6.45, 7) is -0.409. The number of hydrogen-bond acceptors (Lipinski definition) is 7. The predicted octanol–water partition coefficient (Wildman–Crippen LogP) is 3.09. The first-order valence-electron chi connectivity index (χ1n) is 11.5. The monoisotopic (exact) mass is 495 g/mol. The third-order valence-electron chi connectivity index (χ3n) is 6.01. The summed E-state index contributed by atoms with van der Waals surface area (Å²) in [6, 6.07) is 20.7. The summed E-state index contributed by atoms with van der Waals surface area (Å²) in [5.74, 6) is -1.55. The first-order chi connectivity index (χ1) is 18.0. The van der Waals surface area contributed by atoms with E-state index in [0.29, 0.717) is 5.69 Å². The van der Waals surface area contributed by atoms with Crippen LogP contribution < -0.4 is 5.32 Å². The van der Waals surface area contributed by atoms with Crippen LogP contribution in [0.2, 0.25) is 0 Å². The third-order valence-corrected chi connectivity index (χ3v) is 6.01. The van der Waals surface area contributed by atoms with E-state index in [0.717, 1.165) is 11.1 Å². The average molecular weight is 495 g/mol. The van der Waals surface area contributed by atoms with Gasteiger partial charge in [0.25, 0.3) is 11.8 Å². The van der Waals surface area contributed by atoms with E-state index in [9.17, 15) is 19.6 Å². The summed E-state index contributed by atoms with van der Waals surface area (Å²) < 4.78 is 12.0. The number of carbonyl (C=O) groups is 3. The fourth-order valence-corrected chi connectivity index (χ4v) is 4.21. The molecule has 10 heteroatoms. The third kappa shape index (κ3) is 4.83. The molecule has 5 rings (SSSR count). The lowest BCUT2D eigenvalue weighted by Crippen LogP contribution is -2.49. The van der Waals surface area contributed by atoms with Gasteiger partial charge in [-0.3, -0.25) is 9.59 Å². The second-order valence-electron chi connectivity index (χ2n) is 8.32. The molecule has 10 nitrogen and oxygen atoms in total. The minimum atomic E-state index is -0.940. The van der Waals surface area contributed by atoms with Crippen LogP contribution in [0.5, 0.6) is 0 Å². The molecule has 4 aromatic rings. The van der Waals surface area contributed by atoms with Crippen molar-refractivity contribution in [2.75, 3.05) is 11.9 Å². The van der Waals surface area contributed by atoms with Crippen molar-refractivity contribution in [1.82, 2.24) is 14.7 Å². The predicted molar refractivity (Wildman–Crippen MR) is 130 cm³/mol. The first-order valence-corrected chi connectivity index (χ1v) is 11.5. The average Bonchev–Trinajstić information content (AvgIpc) is 3.61. The van der Waals surface area contributed by atoms with Crippen LogP contribution in [0.3, 0.4) is 0 Å². The van der Waals surface area contributed by atoms with E-state index in [1.54, 1.807) is 30.3 Å². The molecule has 1 N–H and O–H groups in total. The van der Waals surface area contributed by atoms with Crippen molar-refractivity contribution >= 4 is 23.6 Å². The van der Waals surface area contributed by atoms with Gasteiger partial charge in [-0.25, -0.2) is 9.48 Å². The van der Waals surface area contributed by atoms with Crippen molar-refractivity contribution in [3.8, 4) is 11.8 Å². The molecule has 0 saturated heterocycles. The number of esters is 1. The van der Waals surface area contributed by atoms with Crippen LogP contribution in [0.25, 0.3) is 5.69 Å². The number of fused-ring (bicyclic) bond motifs is 1. The highest BCUT2D eigenvalue weighted by Gasteiger charge is 2.37. The van der Waals surface area contributed by atoms with Crippen LogP contribution in [-0.4, -0.2) is 45.1 Å². The molecular formula is C27H21N5O5. The number of nitrogens with zero attached hydrogens (tertiary/aromatic N) is 4. The van der Waals surface area contributed by atoms with Crippen LogP contribution in [0, 0.1) is 11.3 Å². The highest BCUT2D eigenvalue weighted by molar-refractivity contribution is 5.96. The molecule has 0 fully saturated rings. The Morgan fingerprint density at radius 1 is 1.05 bits per heavy atom. The number of ether oxygens (including phenoxy) is 1. The number of aromatic nitrogens is 2. The summed E-state index contributed by atoms with van der Waals surface area (Å²) in [7, 11) is 0. The molecule has 2 aromatic carbocycles. The largest absolute Gasteiger partial charge is 0.459 e. The number of amides is 2. The van der Waals surface area contributed by atoms with E-state index < -0.39 is 30.4 Å². The number of carbonyl (C=O) groups excluding carboxylic acids is 3. The lowest BCUT2D eigenvalue weighted by molar-refractivity contribution is -0.152. The van der Waals surface area contributed by atoms with Crippen molar-refractivity contribution in [2.24, 2.45) is 0 Å². The lowest BCUT2D eigenvalue weighted by atomic mass is 9.93. The molecule has 0 bridgehead atoms. The minimum absolute atomic E-state index is 0.105. The zero-order chi connectivity index (χ0) is 25.8. The first kappa shape index (κ1) is 23.6. The maximum atomic E-state index is 13.1. The Labute approximate surface area is 211 Å². The van der Waals surface area contributed by atoms with Gasteiger partial charge in [-0.1, -0.05) is 42.5 Å². The molecule has 2 aromatic heterocycles. The van der Waals surface area contributed by atoms with Gasteiger partial charge in [0.2, 0.25) is 0 Å². The smallest absolute Gasteiger partial charge is 0.329 e. The van der Waals surface area contributed by atoms with Gasteiger partial charge in [0.05, 0.1) is 18.1 Å². The molecule has 1 aliphatic rings. The highest BCUT2D eigenvalue weighted by Crippen LogP contribution is 2.26. The van der Waals surface area contributed by atoms with Gasteiger partial charge in [-0.05, 0) is 35.4 Å². The fraction of sp³-hybridized carbons (Fsp3) is 0.148. The Morgan fingerprint density at radius 3 is 2.54 bits per heavy atom. The SMILES string of the molecule is N#Cc1cnn(-c2ccccc2)c1NC(=O)COC(=O)[C@@H]1Cc2ccccc2CN1C(=O)c1ccco1. The summed E-state index contributed by atoms with van der Waals surface area (Å²) >= 11 is 0. The molecule has 0 unspecified atom stereocenters. The fourth-order valence-electron chi connectivity index (χ4n) is 4.21. The molecule has 3 heterocycles. The number of para-hydroxylation sites is 1. The number of anilines is 1. The van der Waals surface area contributed by atoms with E-state index in [1.807, 2.05) is 36.4 Å². The van der Waals surface area contributed by atoms with Crippen LogP contribution in [0.1, 0.15) is 27.2 Å². The molecule has 37 heavy (non-hydrogen) atoms. The highest BCUT2D eigenvalue weighted by atomic mass is 16.5. The van der Waals surface area contributed by atoms with E-state index in [2.05, 4.69) is 10.4 Å². The number of furan rings is 1. The van der Waals surface area contributed by atoms with Crippen molar-refractivity contribution in [2.45, 2.75) is 19.0 Å². The maximum Gasteiger partial charge on any atom is 0.329 e. The minimum Gasteiger partial charge on any atom is -0.459 e. The molecule has 2 amide bonds. The summed E-state index contributed by atoms with van der Waals surface area (Å²) in [5, 5.41) is 16.2. The van der Waals surface area contributed by atoms with Crippen molar-refractivity contribution in [3.63, 3.8) is 0 Å². The van der Waals surface area contributed by atoms with Gasteiger partial charge < -0.3 is 19.4 Å². The van der Waals surface area contributed by atoms with Crippen LogP contribution in [0.4, 0.5) is 5.82 Å². The molecular weight excluding hydrogens is 474 g/mol. The summed E-state index contributed by atoms with van der Waals surface area (Å²) in [4.78, 5) is 40.3. The zero-order valence-electron chi connectivity index (χ0n) is 19.5. The van der Waals surface area contributed by atoms with Gasteiger partial charge in [-0.2, -0.15) is 10.4 Å². The van der Waals surface area contributed by atoms with E-state index in [4.69, 9.17) is 9.15 Å². The Bertz CT molecular complexity index is 1490. The van der Waals surface area contributed by atoms with Crippen molar-refractivity contribution in [1.29, 1.82) is 5.26 Å². The van der Waals surface area contributed by atoms with Gasteiger partial charge in [-0.15, -0.1) is 0 Å². The van der Waals surface area contributed by atoms with Crippen LogP contribution >= 0.6 is 0 Å². The topological polar surface area (TPSA) is 130 Å². The molecule has 0 radical (unpaired) electrons.